The molecule has 0 aliphatic rings. The van der Waals surface area contributed by atoms with Gasteiger partial charge in [-0.2, -0.15) is 18.4 Å². The van der Waals surface area contributed by atoms with Crippen molar-refractivity contribution in [3.8, 4) is 6.07 Å². The molecule has 0 atom stereocenters. The molecule has 0 unspecified atom stereocenters. The number of rotatable bonds is 2. The Morgan fingerprint density at radius 2 is 2.06 bits per heavy atom. The number of benzene rings is 1. The number of hydrogen-bond acceptors (Lipinski definition) is 2. The largest absolute Gasteiger partial charge is 0.417 e. The summed E-state index contributed by atoms with van der Waals surface area (Å²) in [4.78, 5) is 11.3. The Kier molecular flexibility index (Phi) is 3.70. The number of nitrogens with zero attached hydrogens (tertiary/aromatic N) is 1. The molecule has 0 aromatic heterocycles. The molecule has 0 aliphatic heterocycles. The Morgan fingerprint density at radius 3 is 2.50 bits per heavy atom. The fourth-order valence-electron chi connectivity index (χ4n) is 1.16. The molecule has 0 saturated carbocycles. The summed E-state index contributed by atoms with van der Waals surface area (Å²) in [6.07, 6.45) is -4.60. The Bertz CT molecular complexity index is 462. The predicted molar refractivity (Wildman–Crippen MR) is 54.3 cm³/mol. The minimum atomic E-state index is -4.60. The van der Waals surface area contributed by atoms with Gasteiger partial charge in [-0.3, -0.25) is 4.79 Å². The summed E-state index contributed by atoms with van der Waals surface area (Å²) in [5.41, 5.74) is -1.48. The van der Waals surface area contributed by atoms with E-state index in [1.165, 1.54) is 0 Å². The number of carbonyl (C=O) groups is 1. The lowest BCUT2D eigenvalue weighted by molar-refractivity contribution is -0.137. The molecule has 0 bridgehead atoms. The van der Waals surface area contributed by atoms with Crippen molar-refractivity contribution < 1.29 is 18.0 Å². The zero-order chi connectivity index (χ0) is 12.3. The maximum Gasteiger partial charge on any atom is 0.417 e. The number of hydrogen-bond donors (Lipinski definition) is 0. The van der Waals surface area contributed by atoms with Crippen LogP contribution in [0.2, 0.25) is 0 Å². The molecule has 0 spiro atoms. The second kappa shape index (κ2) is 4.66. The third kappa shape index (κ3) is 2.61. The van der Waals surface area contributed by atoms with Crippen LogP contribution >= 0.6 is 15.9 Å². The van der Waals surface area contributed by atoms with Gasteiger partial charge < -0.3 is 0 Å². The lowest BCUT2D eigenvalue weighted by Gasteiger charge is -2.11. The molecular weight excluding hydrogens is 287 g/mol. The number of nitriles is 1. The van der Waals surface area contributed by atoms with Gasteiger partial charge in [0.1, 0.15) is 0 Å². The van der Waals surface area contributed by atoms with Gasteiger partial charge >= 0.3 is 6.18 Å². The molecule has 0 N–H and O–H groups in total. The Balaban J connectivity index is 3.40. The highest BCUT2D eigenvalue weighted by molar-refractivity contribution is 9.09. The Morgan fingerprint density at radius 1 is 1.44 bits per heavy atom. The fraction of sp³-hybridized carbons (Fsp3) is 0.200. The first kappa shape index (κ1) is 12.7. The van der Waals surface area contributed by atoms with Crippen LogP contribution in [-0.4, -0.2) is 11.1 Å². The van der Waals surface area contributed by atoms with Crippen molar-refractivity contribution in [1.82, 2.24) is 0 Å². The van der Waals surface area contributed by atoms with Crippen LogP contribution in [-0.2, 0) is 6.18 Å². The smallest absolute Gasteiger partial charge is 0.293 e. The minimum Gasteiger partial charge on any atom is -0.293 e. The van der Waals surface area contributed by atoms with E-state index < -0.39 is 23.1 Å². The van der Waals surface area contributed by atoms with Gasteiger partial charge in [0.25, 0.3) is 0 Å². The van der Waals surface area contributed by atoms with Gasteiger partial charge in [0, 0.05) is 5.56 Å². The van der Waals surface area contributed by atoms with E-state index in [-0.39, 0.29) is 10.9 Å². The highest BCUT2D eigenvalue weighted by Crippen LogP contribution is 2.32. The van der Waals surface area contributed by atoms with Crippen molar-refractivity contribution in [3.05, 3.63) is 34.9 Å². The van der Waals surface area contributed by atoms with Gasteiger partial charge in [-0.25, -0.2) is 0 Å². The van der Waals surface area contributed by atoms with Crippen LogP contribution in [0.25, 0.3) is 0 Å². The number of alkyl halides is 4. The molecule has 2 nitrogen and oxygen atoms in total. The lowest BCUT2D eigenvalue weighted by atomic mass is 10.0. The highest BCUT2D eigenvalue weighted by Gasteiger charge is 2.34. The summed E-state index contributed by atoms with van der Waals surface area (Å²) in [5.74, 6) is -0.704. The molecule has 0 aliphatic carbocycles. The quantitative estimate of drug-likeness (QED) is 0.620. The summed E-state index contributed by atoms with van der Waals surface area (Å²) in [7, 11) is 0. The third-order valence-corrected chi connectivity index (χ3v) is 2.39. The van der Waals surface area contributed by atoms with Gasteiger partial charge in [0.2, 0.25) is 0 Å². The molecule has 1 aromatic carbocycles. The van der Waals surface area contributed by atoms with E-state index in [2.05, 4.69) is 15.9 Å². The molecule has 84 valence electrons. The molecule has 0 fully saturated rings. The first-order valence-electron chi connectivity index (χ1n) is 4.10. The van der Waals surface area contributed by atoms with E-state index in [0.717, 1.165) is 18.2 Å². The standard InChI is InChI=1S/C10H5BrF3NO/c11-4-9(16)7-3-6(5-15)1-2-8(7)10(12,13)14/h1-3H,4H2. The predicted octanol–water partition coefficient (Wildman–Crippen LogP) is 3.15. The normalized spacial score (nSPS) is 10.9. The van der Waals surface area contributed by atoms with Crippen LogP contribution in [0, 0.1) is 11.3 Å². The van der Waals surface area contributed by atoms with Crippen molar-refractivity contribution in [2.45, 2.75) is 6.18 Å². The maximum atomic E-state index is 12.5. The van der Waals surface area contributed by atoms with E-state index >= 15 is 0 Å². The average molecular weight is 292 g/mol. The van der Waals surface area contributed by atoms with E-state index in [4.69, 9.17) is 5.26 Å². The van der Waals surface area contributed by atoms with Crippen LogP contribution < -0.4 is 0 Å². The molecule has 6 heteroatoms. The van der Waals surface area contributed by atoms with Gasteiger partial charge in [-0.15, -0.1) is 0 Å². The third-order valence-electron chi connectivity index (χ3n) is 1.88. The summed E-state index contributed by atoms with van der Waals surface area (Å²) >= 11 is 2.80. The number of Topliss-reactive ketones (excluding diaryl/α,β-unsaturated/α-hetero) is 1. The molecule has 0 saturated heterocycles. The topological polar surface area (TPSA) is 40.9 Å². The van der Waals surface area contributed by atoms with Crippen LogP contribution in [0.3, 0.4) is 0 Å². The highest BCUT2D eigenvalue weighted by atomic mass is 79.9. The molecular formula is C10H5BrF3NO. The SMILES string of the molecule is N#Cc1ccc(C(F)(F)F)c(C(=O)CBr)c1. The zero-order valence-electron chi connectivity index (χ0n) is 7.81. The lowest BCUT2D eigenvalue weighted by Crippen LogP contribution is -2.14. The van der Waals surface area contributed by atoms with E-state index in [1.807, 2.05) is 0 Å². The molecule has 0 amide bonds. The van der Waals surface area contributed by atoms with E-state index in [9.17, 15) is 18.0 Å². The maximum absolute atomic E-state index is 12.5. The summed E-state index contributed by atoms with van der Waals surface area (Å²) in [6.45, 7) is 0. The zero-order valence-corrected chi connectivity index (χ0v) is 9.39. The molecule has 1 aromatic rings. The van der Waals surface area contributed by atoms with Crippen LogP contribution in [0.4, 0.5) is 13.2 Å². The first-order chi connectivity index (χ1) is 7.40. The van der Waals surface area contributed by atoms with E-state index in [1.54, 1.807) is 6.07 Å². The minimum absolute atomic E-state index is 0.0253. The Hall–Kier alpha value is -1.35. The van der Waals surface area contributed by atoms with Crippen molar-refractivity contribution in [2.75, 3.05) is 5.33 Å². The molecule has 0 heterocycles. The number of carbonyl (C=O) groups excluding carboxylic acids is 1. The summed E-state index contributed by atoms with van der Waals surface area (Å²) in [6, 6.07) is 4.42. The van der Waals surface area contributed by atoms with Crippen molar-refractivity contribution in [3.63, 3.8) is 0 Å². The first-order valence-corrected chi connectivity index (χ1v) is 5.22. The summed E-state index contributed by atoms with van der Waals surface area (Å²) in [5, 5.41) is 8.34. The molecule has 0 radical (unpaired) electrons. The van der Waals surface area contributed by atoms with Gasteiger partial charge in [-0.1, -0.05) is 15.9 Å². The number of ketones is 1. The van der Waals surface area contributed by atoms with Crippen molar-refractivity contribution in [1.29, 1.82) is 5.26 Å². The van der Waals surface area contributed by atoms with Crippen molar-refractivity contribution in [2.24, 2.45) is 0 Å². The fourth-order valence-corrected chi connectivity index (χ4v) is 1.47. The van der Waals surface area contributed by atoms with E-state index in [0.29, 0.717) is 0 Å². The van der Waals surface area contributed by atoms with Crippen molar-refractivity contribution >= 4 is 21.7 Å². The van der Waals surface area contributed by atoms with Crippen LogP contribution in [0.1, 0.15) is 21.5 Å². The number of halogens is 4. The molecule has 16 heavy (non-hydrogen) atoms. The van der Waals surface area contributed by atoms with Crippen LogP contribution in [0.15, 0.2) is 18.2 Å². The van der Waals surface area contributed by atoms with Gasteiger partial charge in [0.05, 0.1) is 22.5 Å². The second-order valence-electron chi connectivity index (χ2n) is 2.93. The van der Waals surface area contributed by atoms with Gasteiger partial charge in [-0.05, 0) is 18.2 Å². The monoisotopic (exact) mass is 291 g/mol. The second-order valence-corrected chi connectivity index (χ2v) is 3.49. The Labute approximate surface area is 97.8 Å². The van der Waals surface area contributed by atoms with Crippen LogP contribution in [0.5, 0.6) is 0 Å². The molecule has 1 rings (SSSR count). The van der Waals surface area contributed by atoms with Gasteiger partial charge in [0.15, 0.2) is 5.78 Å². The average Bonchev–Trinajstić information content (AvgIpc) is 2.25. The summed E-state index contributed by atoms with van der Waals surface area (Å²) < 4.78 is 37.6.